The normalized spacial score (nSPS) is 23.0. The van der Waals surface area contributed by atoms with Gasteiger partial charge in [-0.05, 0) is 30.9 Å². The molecule has 1 unspecified atom stereocenters. The van der Waals surface area contributed by atoms with Crippen LogP contribution in [-0.2, 0) is 23.4 Å². The van der Waals surface area contributed by atoms with Gasteiger partial charge in [-0.15, -0.1) is 0 Å². The Kier molecular flexibility index (Phi) is 5.58. The van der Waals surface area contributed by atoms with E-state index in [2.05, 4.69) is 10.0 Å². The number of fused-ring (bicyclic) bond motifs is 1. The van der Waals surface area contributed by atoms with Crippen molar-refractivity contribution < 1.29 is 17.8 Å². The van der Waals surface area contributed by atoms with E-state index in [9.17, 15) is 17.8 Å². The van der Waals surface area contributed by atoms with E-state index in [4.69, 9.17) is 4.78 Å². The minimum Gasteiger partial charge on any atom is -0.345 e. The topological polar surface area (TPSA) is 87.0 Å². The van der Waals surface area contributed by atoms with E-state index < -0.39 is 27.5 Å². The first-order valence-electron chi connectivity index (χ1n) is 9.14. The van der Waals surface area contributed by atoms with Crippen LogP contribution in [0.2, 0.25) is 0 Å². The largest absolute Gasteiger partial charge is 0.345 e. The summed E-state index contributed by atoms with van der Waals surface area (Å²) in [4.78, 5) is 13.1. The van der Waals surface area contributed by atoms with Crippen molar-refractivity contribution in [2.24, 2.45) is 13.0 Å². The summed E-state index contributed by atoms with van der Waals surface area (Å²) in [5.74, 6) is -2.34. The van der Waals surface area contributed by atoms with Crippen LogP contribution in [0.25, 0.3) is 0 Å². The molecular formula is C19H24F2N4O2S. The second-order valence-corrected chi connectivity index (χ2v) is 9.01. The first kappa shape index (κ1) is 20.5. The summed E-state index contributed by atoms with van der Waals surface area (Å²) >= 11 is 0. The molecular weight excluding hydrogens is 386 g/mol. The Hall–Kier alpha value is -2.26. The highest BCUT2D eigenvalue weighted by molar-refractivity contribution is 7.90. The molecule has 2 heterocycles. The highest BCUT2D eigenvalue weighted by Gasteiger charge is 2.32. The zero-order valence-electron chi connectivity index (χ0n) is 16.0. The molecule has 0 spiro atoms. The number of amides is 1. The molecule has 0 saturated heterocycles. The average molecular weight is 410 g/mol. The molecule has 0 radical (unpaired) electrons. The average Bonchev–Trinajstić information content (AvgIpc) is 2.92. The van der Waals surface area contributed by atoms with Crippen LogP contribution in [0.5, 0.6) is 0 Å². The number of halogens is 2. The summed E-state index contributed by atoms with van der Waals surface area (Å²) < 4.78 is 52.4. The molecule has 2 aromatic rings. The molecule has 9 heteroatoms. The quantitative estimate of drug-likeness (QED) is 0.715. The fraction of sp³-hybridized carbons (Fsp3) is 0.421. The number of carbonyl (C=O) groups excluding carboxylic acids is 1. The van der Waals surface area contributed by atoms with Gasteiger partial charge in [0.25, 0.3) is 5.91 Å². The molecule has 0 saturated carbocycles. The van der Waals surface area contributed by atoms with Crippen LogP contribution in [-0.4, -0.2) is 20.7 Å². The molecule has 1 aliphatic rings. The summed E-state index contributed by atoms with van der Waals surface area (Å²) in [6, 6.07) is 3.03. The number of nitrogens with one attached hydrogen (secondary N) is 3. The van der Waals surface area contributed by atoms with E-state index in [1.54, 1.807) is 7.05 Å². The third-order valence-corrected chi connectivity index (χ3v) is 6.91. The molecule has 152 valence electrons. The van der Waals surface area contributed by atoms with Gasteiger partial charge in [0.1, 0.15) is 15.6 Å². The maximum absolute atomic E-state index is 13.4. The van der Waals surface area contributed by atoms with Crippen LogP contribution in [0.15, 0.2) is 29.3 Å². The molecule has 1 amide bonds. The van der Waals surface area contributed by atoms with Crippen LogP contribution >= 0.6 is 0 Å². The number of anilines is 1. The fourth-order valence-electron chi connectivity index (χ4n) is 3.52. The minimum atomic E-state index is -3.26. The van der Waals surface area contributed by atoms with E-state index in [1.165, 1.54) is 16.8 Å². The van der Waals surface area contributed by atoms with Crippen molar-refractivity contribution in [2.75, 3.05) is 5.32 Å². The second-order valence-electron chi connectivity index (χ2n) is 7.22. The van der Waals surface area contributed by atoms with Gasteiger partial charge < -0.3 is 9.88 Å². The van der Waals surface area contributed by atoms with Crippen LogP contribution in [0.3, 0.4) is 0 Å². The van der Waals surface area contributed by atoms with Crippen molar-refractivity contribution in [3.63, 3.8) is 0 Å². The fourth-order valence-corrected chi connectivity index (χ4v) is 5.28. The van der Waals surface area contributed by atoms with E-state index in [0.717, 1.165) is 18.6 Å². The summed E-state index contributed by atoms with van der Waals surface area (Å²) in [7, 11) is -1.63. The van der Waals surface area contributed by atoms with Crippen LogP contribution in [0.4, 0.5) is 14.5 Å². The maximum atomic E-state index is 13.4. The summed E-state index contributed by atoms with van der Waals surface area (Å²) in [5, 5.41) is 2.56. The zero-order chi connectivity index (χ0) is 20.6. The Morgan fingerprint density at radius 2 is 2.14 bits per heavy atom. The SMILES string of the molecule is CC[C@H](C)[C@H]1CCc2c(cn(C)c2C(=O)Nc2ccc(F)c(F)c2)S(=N)(=O)N1. The Balaban J connectivity index is 1.96. The number of benzene rings is 1. The molecule has 3 N–H and O–H groups in total. The maximum Gasteiger partial charge on any atom is 0.272 e. The Bertz CT molecular complexity index is 1020. The highest BCUT2D eigenvalue weighted by Crippen LogP contribution is 2.30. The Labute approximate surface area is 163 Å². The minimum absolute atomic E-state index is 0.0881. The van der Waals surface area contributed by atoms with Crippen molar-refractivity contribution in [1.29, 1.82) is 4.78 Å². The van der Waals surface area contributed by atoms with Crippen molar-refractivity contribution in [1.82, 2.24) is 9.29 Å². The molecule has 1 aromatic carbocycles. The van der Waals surface area contributed by atoms with Gasteiger partial charge in [0.15, 0.2) is 11.6 Å². The monoisotopic (exact) mass is 410 g/mol. The van der Waals surface area contributed by atoms with Gasteiger partial charge in [-0.2, -0.15) is 0 Å². The summed E-state index contributed by atoms with van der Waals surface area (Å²) in [5.41, 5.74) is 0.946. The van der Waals surface area contributed by atoms with E-state index in [1.807, 2.05) is 13.8 Å². The predicted molar refractivity (Wildman–Crippen MR) is 104 cm³/mol. The van der Waals surface area contributed by atoms with Crippen molar-refractivity contribution in [2.45, 2.75) is 44.0 Å². The van der Waals surface area contributed by atoms with Crippen molar-refractivity contribution >= 4 is 21.5 Å². The second kappa shape index (κ2) is 7.63. The van der Waals surface area contributed by atoms with Crippen molar-refractivity contribution in [3.8, 4) is 0 Å². The zero-order valence-corrected chi connectivity index (χ0v) is 16.8. The number of carbonyl (C=O) groups is 1. The lowest BCUT2D eigenvalue weighted by molar-refractivity contribution is 0.101. The van der Waals surface area contributed by atoms with Gasteiger partial charge in [-0.25, -0.2) is 22.5 Å². The highest BCUT2D eigenvalue weighted by atomic mass is 32.2. The molecule has 1 aromatic heterocycles. The molecule has 3 atom stereocenters. The Morgan fingerprint density at radius 1 is 1.43 bits per heavy atom. The summed E-state index contributed by atoms with van der Waals surface area (Å²) in [6.07, 6.45) is 3.56. The lowest BCUT2D eigenvalue weighted by Gasteiger charge is -2.22. The predicted octanol–water partition coefficient (Wildman–Crippen LogP) is 3.83. The molecule has 3 rings (SSSR count). The number of rotatable bonds is 4. The van der Waals surface area contributed by atoms with Gasteiger partial charge in [0.2, 0.25) is 0 Å². The van der Waals surface area contributed by atoms with Crippen LogP contribution in [0.1, 0.15) is 42.7 Å². The smallest absolute Gasteiger partial charge is 0.272 e. The number of hydrogen-bond donors (Lipinski definition) is 3. The van der Waals surface area contributed by atoms with Crippen molar-refractivity contribution in [3.05, 3.63) is 47.3 Å². The molecule has 6 nitrogen and oxygen atoms in total. The summed E-state index contributed by atoms with van der Waals surface area (Å²) in [6.45, 7) is 4.08. The molecule has 1 aliphatic heterocycles. The number of aryl methyl sites for hydroxylation is 1. The standard InChI is InChI=1S/C19H24F2N4O2S/c1-4-11(2)16-8-6-13-17(28(22,27)24-16)10-25(3)18(13)19(26)23-12-5-7-14(20)15(21)9-12/h5,7,9-11,16H,4,6,8H2,1-3H3,(H,23,26)(H2,22,24,27)/t11-,16+,28?/m0/s1. The first-order chi connectivity index (χ1) is 13.1. The van der Waals surface area contributed by atoms with Gasteiger partial charge in [0, 0.05) is 36.6 Å². The van der Waals surface area contributed by atoms with E-state index in [0.29, 0.717) is 23.3 Å². The molecule has 0 fully saturated rings. The molecule has 28 heavy (non-hydrogen) atoms. The molecule has 0 aliphatic carbocycles. The van der Waals surface area contributed by atoms with Crippen LogP contribution < -0.4 is 10.0 Å². The lowest BCUT2D eigenvalue weighted by atomic mass is 9.94. The van der Waals surface area contributed by atoms with Gasteiger partial charge in [-0.1, -0.05) is 20.3 Å². The van der Waals surface area contributed by atoms with Crippen LogP contribution in [0, 0.1) is 22.3 Å². The van der Waals surface area contributed by atoms with Gasteiger partial charge in [-0.3, -0.25) is 4.79 Å². The van der Waals surface area contributed by atoms with E-state index in [-0.39, 0.29) is 23.3 Å². The van der Waals surface area contributed by atoms with Gasteiger partial charge in [0.05, 0.1) is 4.90 Å². The third kappa shape index (κ3) is 3.81. The number of aromatic nitrogens is 1. The Morgan fingerprint density at radius 3 is 2.79 bits per heavy atom. The van der Waals surface area contributed by atoms with E-state index >= 15 is 0 Å². The first-order valence-corrected chi connectivity index (χ1v) is 10.7. The molecule has 0 bridgehead atoms. The third-order valence-electron chi connectivity index (χ3n) is 5.30. The van der Waals surface area contributed by atoms with Gasteiger partial charge >= 0.3 is 0 Å². The lowest BCUT2D eigenvalue weighted by Crippen LogP contribution is -2.37. The number of nitrogens with zero attached hydrogens (tertiary/aromatic N) is 1. The number of hydrogen-bond acceptors (Lipinski definition) is 3.